The van der Waals surface area contributed by atoms with E-state index in [0.717, 1.165) is 11.8 Å². The second-order valence-electron chi connectivity index (χ2n) is 3.31. The molecule has 0 aromatic rings. The highest BCUT2D eigenvalue weighted by atomic mass is 14.2. The highest BCUT2D eigenvalue weighted by Gasteiger charge is 2.19. The molecule has 0 saturated heterocycles. The number of allylic oxidation sites excluding steroid dienone is 1. The van der Waals surface area contributed by atoms with Crippen LogP contribution in [0.4, 0.5) is 0 Å². The molecule has 1 fully saturated rings. The molecule has 0 N–H and O–H groups in total. The van der Waals surface area contributed by atoms with Gasteiger partial charge in [0.05, 0.1) is 0 Å². The molecule has 52 valence electrons. The molecule has 1 saturated carbocycles. The van der Waals surface area contributed by atoms with E-state index in [1.807, 2.05) is 0 Å². The zero-order valence-electron chi connectivity index (χ0n) is 6.27. The first-order valence-electron chi connectivity index (χ1n) is 3.94. The minimum absolute atomic E-state index is 0.970. The van der Waals surface area contributed by atoms with Crippen molar-refractivity contribution in [2.45, 2.75) is 32.6 Å². The van der Waals surface area contributed by atoms with Crippen LogP contribution in [-0.4, -0.2) is 0 Å². The van der Waals surface area contributed by atoms with Gasteiger partial charge in [0.1, 0.15) is 0 Å². The van der Waals surface area contributed by atoms with Crippen molar-refractivity contribution < 1.29 is 0 Å². The van der Waals surface area contributed by atoms with Gasteiger partial charge in [-0.05, 0) is 31.1 Å². The number of hydrogen-bond donors (Lipinski definition) is 0. The minimum atomic E-state index is 0.970. The summed E-state index contributed by atoms with van der Waals surface area (Å²) in [5.41, 5.74) is 0. The predicted octanol–water partition coefficient (Wildman–Crippen LogP) is 3.00. The Labute approximate surface area is 58.0 Å². The Morgan fingerprint density at radius 1 is 1.56 bits per heavy atom. The van der Waals surface area contributed by atoms with Crippen LogP contribution in [0.25, 0.3) is 0 Å². The lowest BCUT2D eigenvalue weighted by Gasteiger charge is -2.03. The van der Waals surface area contributed by atoms with Crippen LogP contribution in [0.5, 0.6) is 0 Å². The van der Waals surface area contributed by atoms with E-state index in [2.05, 4.69) is 19.6 Å². The quantitative estimate of drug-likeness (QED) is 0.496. The summed E-state index contributed by atoms with van der Waals surface area (Å²) < 4.78 is 0. The summed E-state index contributed by atoms with van der Waals surface area (Å²) in [7, 11) is 0. The molecule has 0 spiro atoms. The Morgan fingerprint density at radius 3 is 2.78 bits per heavy atom. The minimum Gasteiger partial charge on any atom is -0.103 e. The SMILES string of the molecule is C=CCC1CC[C@H](C)C1. The molecule has 1 rings (SSSR count). The van der Waals surface area contributed by atoms with Crippen LogP contribution < -0.4 is 0 Å². The summed E-state index contributed by atoms with van der Waals surface area (Å²) in [5, 5.41) is 0. The van der Waals surface area contributed by atoms with Crippen molar-refractivity contribution in [3.8, 4) is 0 Å². The summed E-state index contributed by atoms with van der Waals surface area (Å²) in [6.07, 6.45) is 7.62. The molecule has 0 amide bonds. The largest absolute Gasteiger partial charge is 0.103 e. The molecule has 2 atom stereocenters. The average Bonchev–Trinajstić information content (AvgIpc) is 2.17. The highest BCUT2D eigenvalue weighted by molar-refractivity contribution is 4.79. The molecule has 0 aromatic carbocycles. The van der Waals surface area contributed by atoms with Crippen molar-refractivity contribution in [1.82, 2.24) is 0 Å². The predicted molar refractivity (Wildman–Crippen MR) is 41.3 cm³/mol. The van der Waals surface area contributed by atoms with Gasteiger partial charge in [0.15, 0.2) is 0 Å². The van der Waals surface area contributed by atoms with Crippen LogP contribution in [0.2, 0.25) is 0 Å². The van der Waals surface area contributed by atoms with Gasteiger partial charge in [0, 0.05) is 0 Å². The Kier molecular flexibility index (Phi) is 2.32. The van der Waals surface area contributed by atoms with Crippen molar-refractivity contribution >= 4 is 0 Å². The van der Waals surface area contributed by atoms with Crippen LogP contribution in [0.1, 0.15) is 32.6 Å². The Bertz CT molecular complexity index is 94.2. The fourth-order valence-electron chi connectivity index (χ4n) is 1.77. The van der Waals surface area contributed by atoms with E-state index < -0.39 is 0 Å². The Hall–Kier alpha value is -0.260. The Balaban J connectivity index is 2.21. The van der Waals surface area contributed by atoms with Crippen molar-refractivity contribution in [1.29, 1.82) is 0 Å². The van der Waals surface area contributed by atoms with Crippen LogP contribution in [-0.2, 0) is 0 Å². The van der Waals surface area contributed by atoms with E-state index in [1.165, 1.54) is 25.7 Å². The molecule has 0 aromatic heterocycles. The van der Waals surface area contributed by atoms with Crippen LogP contribution in [0.3, 0.4) is 0 Å². The van der Waals surface area contributed by atoms with Crippen molar-refractivity contribution in [3.05, 3.63) is 12.7 Å². The summed E-state index contributed by atoms with van der Waals surface area (Å²) in [6, 6.07) is 0. The van der Waals surface area contributed by atoms with E-state index in [0.29, 0.717) is 0 Å². The third-order valence-corrected chi connectivity index (χ3v) is 2.30. The zero-order chi connectivity index (χ0) is 6.69. The lowest BCUT2D eigenvalue weighted by molar-refractivity contribution is 0.522. The third kappa shape index (κ3) is 1.85. The van der Waals surface area contributed by atoms with E-state index >= 15 is 0 Å². The summed E-state index contributed by atoms with van der Waals surface area (Å²) >= 11 is 0. The van der Waals surface area contributed by atoms with Gasteiger partial charge in [-0.1, -0.05) is 19.4 Å². The van der Waals surface area contributed by atoms with Crippen molar-refractivity contribution in [3.63, 3.8) is 0 Å². The molecular weight excluding hydrogens is 108 g/mol. The standard InChI is InChI=1S/C9H16/c1-3-4-9-6-5-8(2)7-9/h3,8-9H,1,4-7H2,2H3/t8-,9?/m0/s1. The normalized spacial score (nSPS) is 34.8. The third-order valence-electron chi connectivity index (χ3n) is 2.30. The van der Waals surface area contributed by atoms with E-state index in [9.17, 15) is 0 Å². The Morgan fingerprint density at radius 2 is 2.33 bits per heavy atom. The maximum atomic E-state index is 3.75. The van der Waals surface area contributed by atoms with Gasteiger partial charge < -0.3 is 0 Å². The van der Waals surface area contributed by atoms with E-state index in [-0.39, 0.29) is 0 Å². The molecule has 0 aliphatic heterocycles. The smallest absolute Gasteiger partial charge is 0.0325 e. The fourth-order valence-corrected chi connectivity index (χ4v) is 1.77. The first-order chi connectivity index (χ1) is 4.33. The number of rotatable bonds is 2. The van der Waals surface area contributed by atoms with E-state index in [1.54, 1.807) is 0 Å². The summed E-state index contributed by atoms with van der Waals surface area (Å²) in [6.45, 7) is 6.10. The maximum Gasteiger partial charge on any atom is -0.0325 e. The lowest BCUT2D eigenvalue weighted by atomic mass is 10.0. The van der Waals surface area contributed by atoms with Gasteiger partial charge in [-0.25, -0.2) is 0 Å². The molecule has 1 aliphatic rings. The van der Waals surface area contributed by atoms with Gasteiger partial charge in [0.25, 0.3) is 0 Å². The van der Waals surface area contributed by atoms with Crippen LogP contribution >= 0.6 is 0 Å². The van der Waals surface area contributed by atoms with E-state index in [4.69, 9.17) is 0 Å². The lowest BCUT2D eigenvalue weighted by Crippen LogP contribution is -1.90. The summed E-state index contributed by atoms with van der Waals surface area (Å²) in [5.74, 6) is 1.95. The van der Waals surface area contributed by atoms with Crippen molar-refractivity contribution in [2.75, 3.05) is 0 Å². The zero-order valence-corrected chi connectivity index (χ0v) is 6.27. The number of hydrogen-bond acceptors (Lipinski definition) is 0. The summed E-state index contributed by atoms with van der Waals surface area (Å²) in [4.78, 5) is 0. The highest BCUT2D eigenvalue weighted by Crippen LogP contribution is 2.32. The maximum absolute atomic E-state index is 3.75. The molecule has 0 heteroatoms. The molecule has 1 unspecified atom stereocenters. The molecular formula is C9H16. The second kappa shape index (κ2) is 3.05. The van der Waals surface area contributed by atoms with Crippen LogP contribution in [0, 0.1) is 11.8 Å². The van der Waals surface area contributed by atoms with Gasteiger partial charge >= 0.3 is 0 Å². The van der Waals surface area contributed by atoms with Gasteiger partial charge in [-0.15, -0.1) is 6.58 Å². The monoisotopic (exact) mass is 124 g/mol. The fraction of sp³-hybridized carbons (Fsp3) is 0.778. The second-order valence-corrected chi connectivity index (χ2v) is 3.31. The van der Waals surface area contributed by atoms with Crippen molar-refractivity contribution in [2.24, 2.45) is 11.8 Å². The van der Waals surface area contributed by atoms with Gasteiger partial charge in [-0.2, -0.15) is 0 Å². The topological polar surface area (TPSA) is 0 Å². The molecule has 0 radical (unpaired) electrons. The van der Waals surface area contributed by atoms with Crippen LogP contribution in [0.15, 0.2) is 12.7 Å². The first-order valence-corrected chi connectivity index (χ1v) is 3.94. The molecule has 0 nitrogen and oxygen atoms in total. The molecule has 1 aliphatic carbocycles. The molecule has 0 bridgehead atoms. The van der Waals surface area contributed by atoms with Gasteiger partial charge in [-0.3, -0.25) is 0 Å². The molecule has 9 heavy (non-hydrogen) atoms. The van der Waals surface area contributed by atoms with Gasteiger partial charge in [0.2, 0.25) is 0 Å². The molecule has 0 heterocycles. The first kappa shape index (κ1) is 6.85. The average molecular weight is 124 g/mol.